The van der Waals surface area contributed by atoms with Crippen LogP contribution in [0.25, 0.3) is 0 Å². The molecular weight excluding hydrogens is 299 g/mol. The molecule has 1 aromatic carbocycles. The Hall–Kier alpha value is -1.95. The van der Waals surface area contributed by atoms with Gasteiger partial charge in [0.2, 0.25) is 11.8 Å². The number of aliphatic hydroxyl groups is 1. The van der Waals surface area contributed by atoms with E-state index in [0.29, 0.717) is 12.1 Å². The first-order chi connectivity index (χ1) is 11.0. The molecule has 2 N–H and O–H groups in total. The maximum atomic E-state index is 13.1. The Balaban J connectivity index is 1.84. The summed E-state index contributed by atoms with van der Waals surface area (Å²) in [5.41, 5.74) is 0.565. The van der Waals surface area contributed by atoms with Crippen LogP contribution >= 0.6 is 0 Å². The molecule has 23 heavy (non-hydrogen) atoms. The number of likely N-dealkylation sites (tertiary alicyclic amines) is 1. The van der Waals surface area contributed by atoms with Gasteiger partial charge in [0.1, 0.15) is 5.82 Å². The number of nitrogens with one attached hydrogen (secondary N) is 1. The van der Waals surface area contributed by atoms with E-state index in [1.807, 2.05) is 0 Å². The van der Waals surface area contributed by atoms with E-state index >= 15 is 0 Å². The molecule has 0 aliphatic carbocycles. The van der Waals surface area contributed by atoms with Crippen molar-refractivity contribution in [2.45, 2.75) is 44.8 Å². The molecule has 2 amide bonds. The molecule has 0 bridgehead atoms. The van der Waals surface area contributed by atoms with Crippen molar-refractivity contribution in [1.29, 1.82) is 0 Å². The lowest BCUT2D eigenvalue weighted by Gasteiger charge is -2.37. The summed E-state index contributed by atoms with van der Waals surface area (Å²) in [7, 11) is 0. The highest BCUT2D eigenvalue weighted by atomic mass is 19.1. The van der Waals surface area contributed by atoms with Gasteiger partial charge in [-0.1, -0.05) is 12.1 Å². The number of carbonyl (C=O) groups excluding carboxylic acids is 2. The van der Waals surface area contributed by atoms with E-state index in [9.17, 15) is 19.1 Å². The normalized spacial score (nSPS) is 19.3. The van der Waals surface area contributed by atoms with Gasteiger partial charge in [0.25, 0.3) is 0 Å². The molecule has 0 saturated carbocycles. The summed E-state index contributed by atoms with van der Waals surface area (Å²) in [6.07, 6.45) is 2.13. The summed E-state index contributed by atoms with van der Waals surface area (Å²) in [6, 6.07) is 5.65. The van der Waals surface area contributed by atoms with Crippen LogP contribution in [0.3, 0.4) is 0 Å². The minimum Gasteiger partial charge on any atom is -0.391 e. The summed E-state index contributed by atoms with van der Waals surface area (Å²) in [5.74, 6) is -0.905. The smallest absolute Gasteiger partial charge is 0.242 e. The van der Waals surface area contributed by atoms with Crippen LogP contribution in [0.4, 0.5) is 4.39 Å². The Morgan fingerprint density at radius 1 is 1.43 bits per heavy atom. The second-order valence-corrected chi connectivity index (χ2v) is 5.97. The number of nitrogens with zero attached hydrogens (tertiary/aromatic N) is 1. The number of amides is 2. The number of halogens is 1. The molecule has 0 radical (unpaired) electrons. The average Bonchev–Trinajstić information content (AvgIpc) is 2.52. The molecule has 1 aliphatic heterocycles. The molecule has 0 aromatic heterocycles. The SMILES string of the molecule is CC(O)C1CCCCN1C(=O)CNC(=O)Cc1cccc(F)c1. The summed E-state index contributed by atoms with van der Waals surface area (Å²) >= 11 is 0. The number of hydrogen-bond acceptors (Lipinski definition) is 3. The lowest BCUT2D eigenvalue weighted by molar-refractivity contribution is -0.138. The summed E-state index contributed by atoms with van der Waals surface area (Å²) < 4.78 is 13.1. The Kier molecular flexibility index (Phi) is 6.10. The third kappa shape index (κ3) is 5.03. The van der Waals surface area contributed by atoms with E-state index in [4.69, 9.17) is 0 Å². The van der Waals surface area contributed by atoms with Crippen LogP contribution in [0.15, 0.2) is 24.3 Å². The number of rotatable bonds is 5. The van der Waals surface area contributed by atoms with Crippen LogP contribution in [-0.4, -0.2) is 47.1 Å². The maximum absolute atomic E-state index is 13.1. The third-order valence-electron chi connectivity index (χ3n) is 4.12. The van der Waals surface area contributed by atoms with Crippen molar-refractivity contribution in [3.05, 3.63) is 35.6 Å². The van der Waals surface area contributed by atoms with E-state index in [1.165, 1.54) is 12.1 Å². The second-order valence-electron chi connectivity index (χ2n) is 5.97. The van der Waals surface area contributed by atoms with E-state index in [2.05, 4.69) is 5.32 Å². The predicted octanol–water partition coefficient (Wildman–Crippen LogP) is 1.25. The van der Waals surface area contributed by atoms with E-state index in [0.717, 1.165) is 19.3 Å². The van der Waals surface area contributed by atoms with Gasteiger partial charge in [-0.2, -0.15) is 0 Å². The minimum atomic E-state index is -0.581. The van der Waals surface area contributed by atoms with E-state index < -0.39 is 6.10 Å². The van der Waals surface area contributed by atoms with Gasteiger partial charge >= 0.3 is 0 Å². The zero-order valence-electron chi connectivity index (χ0n) is 13.3. The highest BCUT2D eigenvalue weighted by molar-refractivity contribution is 5.86. The molecule has 2 unspecified atom stereocenters. The van der Waals surface area contributed by atoms with Crippen molar-refractivity contribution in [1.82, 2.24) is 10.2 Å². The first-order valence-electron chi connectivity index (χ1n) is 7.96. The Morgan fingerprint density at radius 3 is 2.91 bits per heavy atom. The van der Waals surface area contributed by atoms with Crippen LogP contribution in [-0.2, 0) is 16.0 Å². The van der Waals surface area contributed by atoms with Gasteiger partial charge in [-0.3, -0.25) is 9.59 Å². The zero-order chi connectivity index (χ0) is 16.8. The third-order valence-corrected chi connectivity index (χ3v) is 4.12. The molecule has 1 aliphatic rings. The van der Waals surface area contributed by atoms with Crippen LogP contribution < -0.4 is 5.32 Å². The Labute approximate surface area is 135 Å². The molecule has 1 heterocycles. The molecule has 0 spiro atoms. The van der Waals surface area contributed by atoms with Crippen molar-refractivity contribution in [3.63, 3.8) is 0 Å². The van der Waals surface area contributed by atoms with Gasteiger partial charge in [-0.05, 0) is 43.9 Å². The molecule has 1 fully saturated rings. The van der Waals surface area contributed by atoms with Crippen molar-refractivity contribution in [2.75, 3.05) is 13.1 Å². The fraction of sp³-hybridized carbons (Fsp3) is 0.529. The van der Waals surface area contributed by atoms with Crippen LogP contribution in [0.1, 0.15) is 31.7 Å². The molecule has 6 heteroatoms. The Bertz CT molecular complexity index is 563. The number of piperidine rings is 1. The maximum Gasteiger partial charge on any atom is 0.242 e. The molecule has 126 valence electrons. The average molecular weight is 322 g/mol. The Morgan fingerprint density at radius 2 is 2.22 bits per heavy atom. The molecule has 2 atom stereocenters. The fourth-order valence-electron chi connectivity index (χ4n) is 2.94. The van der Waals surface area contributed by atoms with Gasteiger partial charge in [-0.25, -0.2) is 4.39 Å². The van der Waals surface area contributed by atoms with Crippen LogP contribution in [0.2, 0.25) is 0 Å². The number of aliphatic hydroxyl groups excluding tert-OH is 1. The molecule has 5 nitrogen and oxygen atoms in total. The van der Waals surface area contributed by atoms with Gasteiger partial charge in [0, 0.05) is 6.54 Å². The first kappa shape index (κ1) is 17.4. The van der Waals surface area contributed by atoms with E-state index in [1.54, 1.807) is 24.0 Å². The van der Waals surface area contributed by atoms with Crippen LogP contribution in [0.5, 0.6) is 0 Å². The summed E-state index contributed by atoms with van der Waals surface area (Å²) in [5, 5.41) is 12.4. The largest absolute Gasteiger partial charge is 0.391 e. The molecule has 1 saturated heterocycles. The van der Waals surface area contributed by atoms with Crippen LogP contribution in [0, 0.1) is 5.82 Å². The zero-order valence-corrected chi connectivity index (χ0v) is 13.3. The van der Waals surface area contributed by atoms with E-state index in [-0.39, 0.29) is 36.6 Å². The predicted molar refractivity (Wildman–Crippen MR) is 84.1 cm³/mol. The van der Waals surface area contributed by atoms with Gasteiger partial charge < -0.3 is 15.3 Å². The standard InChI is InChI=1S/C17H23FN2O3/c1-12(21)15-7-2-3-8-20(15)17(23)11-19-16(22)10-13-5-4-6-14(18)9-13/h4-6,9,12,15,21H,2-3,7-8,10-11H2,1H3,(H,19,22). The summed E-state index contributed by atoms with van der Waals surface area (Å²) in [4.78, 5) is 25.8. The highest BCUT2D eigenvalue weighted by Gasteiger charge is 2.29. The topological polar surface area (TPSA) is 69.6 Å². The van der Waals surface area contributed by atoms with Gasteiger partial charge in [0.05, 0.1) is 25.1 Å². The molecule has 2 rings (SSSR count). The number of carbonyl (C=O) groups is 2. The first-order valence-corrected chi connectivity index (χ1v) is 7.96. The lowest BCUT2D eigenvalue weighted by Crippen LogP contribution is -2.52. The lowest BCUT2D eigenvalue weighted by atomic mass is 9.98. The molecular formula is C17H23FN2O3. The van der Waals surface area contributed by atoms with Crippen molar-refractivity contribution < 1.29 is 19.1 Å². The minimum absolute atomic E-state index is 0.0326. The van der Waals surface area contributed by atoms with Crippen molar-refractivity contribution in [3.8, 4) is 0 Å². The van der Waals surface area contributed by atoms with Crippen molar-refractivity contribution >= 4 is 11.8 Å². The quantitative estimate of drug-likeness (QED) is 0.857. The second kappa shape index (κ2) is 8.06. The number of hydrogen-bond donors (Lipinski definition) is 2. The monoisotopic (exact) mass is 322 g/mol. The number of benzene rings is 1. The van der Waals surface area contributed by atoms with Gasteiger partial charge in [0.15, 0.2) is 0 Å². The highest BCUT2D eigenvalue weighted by Crippen LogP contribution is 2.19. The summed E-state index contributed by atoms with van der Waals surface area (Å²) in [6.45, 7) is 2.18. The molecule has 1 aromatic rings. The van der Waals surface area contributed by atoms with Crippen molar-refractivity contribution in [2.24, 2.45) is 0 Å². The van der Waals surface area contributed by atoms with Gasteiger partial charge in [-0.15, -0.1) is 0 Å². The fourth-order valence-corrected chi connectivity index (χ4v) is 2.94.